The summed E-state index contributed by atoms with van der Waals surface area (Å²) in [5, 5.41) is 2.24. The fraction of sp³-hybridized carbons (Fsp3) is 0.357. The fourth-order valence-corrected chi connectivity index (χ4v) is 5.45. The average Bonchev–Trinajstić information content (AvgIpc) is 3.02. The number of methoxy groups -OCH3 is 1. The first kappa shape index (κ1) is 22.4. The highest BCUT2D eigenvalue weighted by atomic mass is 16.5. The van der Waals surface area contributed by atoms with Crippen LogP contribution in [0.2, 0.25) is 0 Å². The zero-order chi connectivity index (χ0) is 23.8. The highest BCUT2D eigenvalue weighted by Crippen LogP contribution is 2.38. The Hall–Kier alpha value is -3.38. The lowest BCUT2D eigenvalue weighted by atomic mass is 9.94. The molecule has 34 heavy (non-hydrogen) atoms. The van der Waals surface area contributed by atoms with E-state index in [1.807, 2.05) is 9.58 Å². The summed E-state index contributed by atoms with van der Waals surface area (Å²) in [6, 6.07) is 18.6. The smallest absolute Gasteiger partial charge is 0.274 e. The van der Waals surface area contributed by atoms with Gasteiger partial charge in [0.1, 0.15) is 12.4 Å². The molecule has 0 spiro atoms. The average molecular weight is 458 g/mol. The molecule has 1 atom stereocenters. The number of carbonyl (C=O) groups excluding carboxylic acids is 1. The Bertz CT molecular complexity index is 1230. The summed E-state index contributed by atoms with van der Waals surface area (Å²) in [6.07, 6.45) is 4.46. The molecule has 6 heteroatoms. The number of nitrogens with zero attached hydrogens (tertiary/aromatic N) is 3. The number of hydrogen-bond acceptors (Lipinski definition) is 4. The lowest BCUT2D eigenvalue weighted by Gasteiger charge is -2.46. The van der Waals surface area contributed by atoms with Gasteiger partial charge < -0.3 is 9.64 Å². The van der Waals surface area contributed by atoms with Crippen molar-refractivity contribution in [2.24, 2.45) is 0 Å². The third-order valence-corrected chi connectivity index (χ3v) is 7.29. The summed E-state index contributed by atoms with van der Waals surface area (Å²) in [5.41, 5.74) is 5.90. The number of aryl methyl sites for hydroxylation is 2. The fourth-order valence-electron chi connectivity index (χ4n) is 5.45. The van der Waals surface area contributed by atoms with Crippen molar-refractivity contribution in [2.45, 2.75) is 45.2 Å². The number of benzene rings is 2. The Morgan fingerprint density at radius 1 is 0.971 bits per heavy atom. The van der Waals surface area contributed by atoms with Gasteiger partial charge in [-0.1, -0.05) is 55.5 Å². The zero-order valence-electron chi connectivity index (χ0n) is 20.0. The number of hydrogen-bond donors (Lipinski definition) is 0. The summed E-state index contributed by atoms with van der Waals surface area (Å²) in [7, 11) is 1.66. The topological polar surface area (TPSA) is 54.8 Å². The SMILES string of the molecule is CCC(COC)N1CN(C2c3ccccc3CCc3ccccc32)n2ccc(=O)c(C)c2C1=O. The van der Waals surface area contributed by atoms with E-state index in [1.165, 1.54) is 22.3 Å². The van der Waals surface area contributed by atoms with Gasteiger partial charge in [-0.05, 0) is 48.4 Å². The summed E-state index contributed by atoms with van der Waals surface area (Å²) >= 11 is 0. The number of rotatable bonds is 5. The Kier molecular flexibility index (Phi) is 6.00. The molecule has 0 bridgehead atoms. The molecule has 5 rings (SSSR count). The molecule has 0 radical (unpaired) electrons. The number of pyridine rings is 1. The van der Waals surface area contributed by atoms with Crippen molar-refractivity contribution in [2.75, 3.05) is 25.4 Å². The van der Waals surface area contributed by atoms with Crippen molar-refractivity contribution < 1.29 is 9.53 Å². The van der Waals surface area contributed by atoms with E-state index >= 15 is 0 Å². The largest absolute Gasteiger partial charge is 0.383 e. The van der Waals surface area contributed by atoms with E-state index in [0.717, 1.165) is 19.3 Å². The minimum absolute atomic E-state index is 0.0836. The number of ether oxygens (including phenoxy) is 1. The first-order chi connectivity index (χ1) is 16.5. The first-order valence-electron chi connectivity index (χ1n) is 12.0. The lowest BCUT2D eigenvalue weighted by Crippen LogP contribution is -2.59. The van der Waals surface area contributed by atoms with Crippen LogP contribution in [0.15, 0.2) is 65.6 Å². The van der Waals surface area contributed by atoms with E-state index in [-0.39, 0.29) is 23.4 Å². The second kappa shape index (κ2) is 9.11. The molecule has 176 valence electrons. The molecule has 1 amide bonds. The van der Waals surface area contributed by atoms with Crippen LogP contribution in [0.1, 0.15) is 57.7 Å². The van der Waals surface area contributed by atoms with Crippen LogP contribution in [0.3, 0.4) is 0 Å². The van der Waals surface area contributed by atoms with Crippen LogP contribution >= 0.6 is 0 Å². The van der Waals surface area contributed by atoms with Crippen molar-refractivity contribution in [3.8, 4) is 0 Å². The second-order valence-corrected chi connectivity index (χ2v) is 9.17. The molecule has 6 nitrogen and oxygen atoms in total. The zero-order valence-corrected chi connectivity index (χ0v) is 20.0. The van der Waals surface area contributed by atoms with Gasteiger partial charge in [-0.2, -0.15) is 0 Å². The van der Waals surface area contributed by atoms with E-state index in [4.69, 9.17) is 4.74 Å². The van der Waals surface area contributed by atoms with Crippen LogP contribution < -0.4 is 10.4 Å². The third-order valence-electron chi connectivity index (χ3n) is 7.29. The monoisotopic (exact) mass is 457 g/mol. The molecule has 2 aliphatic rings. The number of aromatic nitrogens is 1. The van der Waals surface area contributed by atoms with Crippen LogP contribution in [0.5, 0.6) is 0 Å². The van der Waals surface area contributed by atoms with Gasteiger partial charge in [0, 0.05) is 24.9 Å². The quantitative estimate of drug-likeness (QED) is 0.585. The van der Waals surface area contributed by atoms with Crippen LogP contribution in [0.25, 0.3) is 0 Å². The minimum Gasteiger partial charge on any atom is -0.383 e. The summed E-state index contributed by atoms with van der Waals surface area (Å²) in [5.74, 6) is -0.120. The van der Waals surface area contributed by atoms with Crippen LogP contribution in [-0.2, 0) is 17.6 Å². The third kappa shape index (κ3) is 3.62. The Labute approximate surface area is 200 Å². The van der Waals surface area contributed by atoms with Gasteiger partial charge in [-0.3, -0.25) is 19.3 Å². The maximum absolute atomic E-state index is 13.7. The standard InChI is InChI=1S/C28H31N3O3/c1-4-22(17-34-3)29-18-31(30-16-15-25(32)19(2)26(30)28(29)33)27-23-11-7-5-9-20(23)13-14-21-10-6-8-12-24(21)27/h5-12,15-16,22,27H,4,13-14,17-18H2,1-3H3. The van der Waals surface area contributed by atoms with Crippen LogP contribution in [0, 0.1) is 6.92 Å². The molecule has 0 saturated heterocycles. The number of fused-ring (bicyclic) bond motifs is 3. The van der Waals surface area contributed by atoms with Gasteiger partial charge in [-0.25, -0.2) is 0 Å². The van der Waals surface area contributed by atoms with Crippen molar-refractivity contribution in [3.63, 3.8) is 0 Å². The predicted molar refractivity (Wildman–Crippen MR) is 133 cm³/mol. The van der Waals surface area contributed by atoms with Crippen LogP contribution in [0.4, 0.5) is 0 Å². The molecular formula is C28H31N3O3. The first-order valence-corrected chi connectivity index (χ1v) is 12.0. The highest BCUT2D eigenvalue weighted by Gasteiger charge is 2.39. The molecular weight excluding hydrogens is 426 g/mol. The molecule has 3 aromatic rings. The van der Waals surface area contributed by atoms with Crippen molar-refractivity contribution in [3.05, 3.63) is 105 Å². The summed E-state index contributed by atoms with van der Waals surface area (Å²) < 4.78 is 7.39. The van der Waals surface area contributed by atoms with E-state index in [1.54, 1.807) is 26.3 Å². The maximum Gasteiger partial charge on any atom is 0.274 e. The molecule has 1 aliphatic heterocycles. The summed E-state index contributed by atoms with van der Waals surface area (Å²) in [4.78, 5) is 28.2. The van der Waals surface area contributed by atoms with E-state index < -0.39 is 0 Å². The molecule has 1 unspecified atom stereocenters. The molecule has 2 aromatic carbocycles. The Balaban J connectivity index is 1.75. The lowest BCUT2D eigenvalue weighted by molar-refractivity contribution is 0.0432. The molecule has 0 fully saturated rings. The Morgan fingerprint density at radius 3 is 2.18 bits per heavy atom. The van der Waals surface area contributed by atoms with E-state index in [9.17, 15) is 9.59 Å². The Morgan fingerprint density at radius 2 is 1.59 bits per heavy atom. The van der Waals surface area contributed by atoms with Gasteiger partial charge in [0.2, 0.25) is 0 Å². The molecule has 1 aromatic heterocycles. The molecule has 2 heterocycles. The number of amides is 1. The highest BCUT2D eigenvalue weighted by molar-refractivity contribution is 5.95. The molecule has 0 N–H and O–H groups in total. The molecule has 0 saturated carbocycles. The van der Waals surface area contributed by atoms with Gasteiger partial charge in [0.25, 0.3) is 5.91 Å². The van der Waals surface area contributed by atoms with Crippen molar-refractivity contribution in [1.29, 1.82) is 0 Å². The summed E-state index contributed by atoms with van der Waals surface area (Å²) in [6.45, 7) is 4.67. The van der Waals surface area contributed by atoms with Gasteiger partial charge in [0.15, 0.2) is 5.43 Å². The minimum atomic E-state index is -0.122. The van der Waals surface area contributed by atoms with Crippen LogP contribution in [-0.4, -0.2) is 41.9 Å². The van der Waals surface area contributed by atoms with Gasteiger partial charge >= 0.3 is 0 Å². The van der Waals surface area contributed by atoms with Gasteiger partial charge in [-0.15, -0.1) is 0 Å². The second-order valence-electron chi connectivity index (χ2n) is 9.17. The molecule has 1 aliphatic carbocycles. The van der Waals surface area contributed by atoms with Crippen molar-refractivity contribution >= 4 is 5.91 Å². The maximum atomic E-state index is 13.7. The predicted octanol–water partition coefficient (Wildman–Crippen LogP) is 3.82. The van der Waals surface area contributed by atoms with E-state index in [2.05, 4.69) is 60.5 Å². The van der Waals surface area contributed by atoms with Crippen molar-refractivity contribution in [1.82, 2.24) is 9.58 Å². The number of carbonyl (C=O) groups is 1. The van der Waals surface area contributed by atoms with E-state index in [0.29, 0.717) is 24.5 Å². The normalized spacial score (nSPS) is 16.5. The van der Waals surface area contributed by atoms with Gasteiger partial charge in [0.05, 0.1) is 18.7 Å².